The Bertz CT molecular complexity index is 341. The molecule has 2 rings (SSSR count). The Hall–Kier alpha value is -0.900. The van der Waals surface area contributed by atoms with Gasteiger partial charge in [-0.1, -0.05) is 30.8 Å². The molecule has 0 radical (unpaired) electrons. The van der Waals surface area contributed by atoms with Crippen molar-refractivity contribution < 1.29 is 4.52 Å². The summed E-state index contributed by atoms with van der Waals surface area (Å²) in [6, 6.07) is 0.259. The largest absolute Gasteiger partial charge is 0.339 e. The zero-order valence-corrected chi connectivity index (χ0v) is 11.4. The van der Waals surface area contributed by atoms with E-state index in [1.54, 1.807) is 0 Å². The van der Waals surface area contributed by atoms with Crippen molar-refractivity contribution in [3.8, 4) is 0 Å². The predicted molar refractivity (Wildman–Crippen MR) is 71.3 cm³/mol. The molecule has 1 atom stereocenters. The van der Waals surface area contributed by atoms with Gasteiger partial charge in [0.2, 0.25) is 5.89 Å². The fraction of sp³-hybridized carbons (Fsp3) is 0.857. The third-order valence-electron chi connectivity index (χ3n) is 3.75. The lowest BCUT2D eigenvalue weighted by atomic mass is 10.00. The lowest BCUT2D eigenvalue weighted by Gasteiger charge is -2.07. The predicted octanol–water partition coefficient (Wildman–Crippen LogP) is 3.18. The van der Waals surface area contributed by atoms with Crippen LogP contribution in [0.3, 0.4) is 0 Å². The Morgan fingerprint density at radius 3 is 2.67 bits per heavy atom. The van der Waals surface area contributed by atoms with Gasteiger partial charge in [0.05, 0.1) is 0 Å². The van der Waals surface area contributed by atoms with Crippen molar-refractivity contribution in [2.24, 2.45) is 5.73 Å². The Balaban J connectivity index is 1.84. The fourth-order valence-electron chi connectivity index (χ4n) is 2.65. The van der Waals surface area contributed by atoms with Gasteiger partial charge < -0.3 is 10.3 Å². The minimum Gasteiger partial charge on any atom is -0.339 e. The maximum Gasteiger partial charge on any atom is 0.226 e. The molecule has 1 saturated carbocycles. The molecule has 1 aliphatic rings. The van der Waals surface area contributed by atoms with E-state index in [4.69, 9.17) is 10.3 Å². The van der Waals surface area contributed by atoms with Crippen LogP contribution < -0.4 is 5.73 Å². The van der Waals surface area contributed by atoms with Crippen LogP contribution in [-0.2, 0) is 6.42 Å². The van der Waals surface area contributed by atoms with Gasteiger partial charge in [-0.15, -0.1) is 0 Å². The smallest absolute Gasteiger partial charge is 0.226 e. The number of aryl methyl sites for hydroxylation is 1. The van der Waals surface area contributed by atoms with Crippen LogP contribution in [0.1, 0.15) is 75.9 Å². The summed E-state index contributed by atoms with van der Waals surface area (Å²) >= 11 is 0. The first-order valence-electron chi connectivity index (χ1n) is 7.34. The van der Waals surface area contributed by atoms with Gasteiger partial charge in [0.1, 0.15) is 0 Å². The van der Waals surface area contributed by atoms with Gasteiger partial charge in [-0.25, -0.2) is 0 Å². The average Bonchev–Trinajstić information content (AvgIpc) is 2.63. The van der Waals surface area contributed by atoms with Crippen molar-refractivity contribution >= 4 is 0 Å². The molecule has 18 heavy (non-hydrogen) atoms. The second-order valence-corrected chi connectivity index (χ2v) is 5.60. The van der Waals surface area contributed by atoms with Gasteiger partial charge in [-0.05, 0) is 32.6 Å². The molecule has 0 saturated heterocycles. The molecule has 1 aliphatic carbocycles. The molecule has 0 spiro atoms. The zero-order chi connectivity index (χ0) is 12.8. The molecule has 0 bridgehead atoms. The number of nitrogens with two attached hydrogens (primary N) is 1. The first-order chi connectivity index (χ1) is 8.75. The Morgan fingerprint density at radius 1 is 1.28 bits per heavy atom. The van der Waals surface area contributed by atoms with Gasteiger partial charge in [0, 0.05) is 18.4 Å². The molecule has 4 nitrogen and oxygen atoms in total. The second-order valence-electron chi connectivity index (χ2n) is 5.60. The van der Waals surface area contributed by atoms with Crippen LogP contribution >= 0.6 is 0 Å². The van der Waals surface area contributed by atoms with E-state index >= 15 is 0 Å². The summed E-state index contributed by atoms with van der Waals surface area (Å²) in [6.45, 7) is 2.03. The maximum atomic E-state index is 5.73. The van der Waals surface area contributed by atoms with Crippen LogP contribution in [0.4, 0.5) is 0 Å². The SMILES string of the molecule is CC(N)CCCc1nc(C2CCCCCC2)no1. The third-order valence-corrected chi connectivity index (χ3v) is 3.75. The van der Waals surface area contributed by atoms with Crippen molar-refractivity contribution in [2.75, 3.05) is 0 Å². The number of rotatable bonds is 5. The Kier molecular flexibility index (Phi) is 5.17. The highest BCUT2D eigenvalue weighted by Crippen LogP contribution is 2.29. The summed E-state index contributed by atoms with van der Waals surface area (Å²) in [7, 11) is 0. The Morgan fingerprint density at radius 2 is 2.00 bits per heavy atom. The summed E-state index contributed by atoms with van der Waals surface area (Å²) in [4.78, 5) is 4.55. The molecule has 1 unspecified atom stereocenters. The highest BCUT2D eigenvalue weighted by atomic mass is 16.5. The number of aromatic nitrogens is 2. The van der Waals surface area contributed by atoms with Crippen LogP contribution in [0.25, 0.3) is 0 Å². The summed E-state index contributed by atoms with van der Waals surface area (Å²) in [6.07, 6.45) is 10.7. The van der Waals surface area contributed by atoms with Crippen LogP contribution in [0.5, 0.6) is 0 Å². The Labute approximate surface area is 109 Å². The highest BCUT2D eigenvalue weighted by molar-refractivity contribution is 4.96. The van der Waals surface area contributed by atoms with Crippen molar-refractivity contribution in [3.05, 3.63) is 11.7 Å². The first-order valence-corrected chi connectivity index (χ1v) is 7.34. The van der Waals surface area contributed by atoms with Crippen molar-refractivity contribution in [1.29, 1.82) is 0 Å². The summed E-state index contributed by atoms with van der Waals surface area (Å²) in [5, 5.41) is 4.16. The van der Waals surface area contributed by atoms with Gasteiger partial charge in [0.15, 0.2) is 5.82 Å². The molecular weight excluding hydrogens is 226 g/mol. The summed E-state index contributed by atoms with van der Waals surface area (Å²) in [5.74, 6) is 2.25. The van der Waals surface area contributed by atoms with E-state index in [1.165, 1.54) is 38.5 Å². The second kappa shape index (κ2) is 6.88. The summed E-state index contributed by atoms with van der Waals surface area (Å²) in [5.41, 5.74) is 5.73. The lowest BCUT2D eigenvalue weighted by molar-refractivity contribution is 0.362. The third kappa shape index (κ3) is 4.09. The monoisotopic (exact) mass is 251 g/mol. The van der Waals surface area contributed by atoms with Gasteiger partial charge >= 0.3 is 0 Å². The van der Waals surface area contributed by atoms with Crippen LogP contribution in [0, 0.1) is 0 Å². The molecule has 1 aromatic rings. The maximum absolute atomic E-state index is 5.73. The fourth-order valence-corrected chi connectivity index (χ4v) is 2.65. The molecule has 0 aliphatic heterocycles. The van der Waals surface area contributed by atoms with E-state index in [1.807, 2.05) is 6.92 Å². The standard InChI is InChI=1S/C14H25N3O/c1-11(15)7-6-10-13-16-14(17-18-13)12-8-4-2-3-5-9-12/h11-12H,2-10,15H2,1H3. The molecule has 102 valence electrons. The minimum atomic E-state index is 0.259. The average molecular weight is 251 g/mol. The number of hydrogen-bond donors (Lipinski definition) is 1. The quantitative estimate of drug-likeness (QED) is 0.816. The first kappa shape index (κ1) is 13.5. The van der Waals surface area contributed by atoms with E-state index in [9.17, 15) is 0 Å². The molecule has 0 amide bonds. The van der Waals surface area contributed by atoms with Crippen LogP contribution in [0.15, 0.2) is 4.52 Å². The van der Waals surface area contributed by atoms with E-state index in [2.05, 4.69) is 10.1 Å². The van der Waals surface area contributed by atoms with E-state index < -0.39 is 0 Å². The molecule has 2 N–H and O–H groups in total. The van der Waals surface area contributed by atoms with E-state index in [0.29, 0.717) is 5.92 Å². The normalized spacial score (nSPS) is 19.7. The van der Waals surface area contributed by atoms with Gasteiger partial charge in [-0.3, -0.25) is 0 Å². The van der Waals surface area contributed by atoms with E-state index in [-0.39, 0.29) is 6.04 Å². The number of nitrogens with zero attached hydrogens (tertiary/aromatic N) is 2. The van der Waals surface area contributed by atoms with Crippen molar-refractivity contribution in [2.45, 2.75) is 76.7 Å². The van der Waals surface area contributed by atoms with Crippen LogP contribution in [0.2, 0.25) is 0 Å². The molecule has 1 heterocycles. The molecule has 0 aromatic carbocycles. The molecule has 1 aromatic heterocycles. The zero-order valence-electron chi connectivity index (χ0n) is 11.4. The number of hydrogen-bond acceptors (Lipinski definition) is 4. The van der Waals surface area contributed by atoms with E-state index in [0.717, 1.165) is 31.0 Å². The molecule has 1 fully saturated rings. The van der Waals surface area contributed by atoms with Crippen molar-refractivity contribution in [1.82, 2.24) is 10.1 Å². The van der Waals surface area contributed by atoms with Crippen molar-refractivity contribution in [3.63, 3.8) is 0 Å². The summed E-state index contributed by atoms with van der Waals surface area (Å²) < 4.78 is 5.34. The highest BCUT2D eigenvalue weighted by Gasteiger charge is 2.19. The lowest BCUT2D eigenvalue weighted by Crippen LogP contribution is -2.14. The topological polar surface area (TPSA) is 64.9 Å². The van der Waals surface area contributed by atoms with Gasteiger partial charge in [0.25, 0.3) is 0 Å². The van der Waals surface area contributed by atoms with Crippen LogP contribution in [-0.4, -0.2) is 16.2 Å². The molecule has 4 heteroatoms. The molecular formula is C14H25N3O. The minimum absolute atomic E-state index is 0.259. The van der Waals surface area contributed by atoms with Gasteiger partial charge in [-0.2, -0.15) is 4.98 Å².